The summed E-state index contributed by atoms with van der Waals surface area (Å²) in [7, 11) is -3.21. The summed E-state index contributed by atoms with van der Waals surface area (Å²) in [5, 5.41) is 6.97. The Morgan fingerprint density at radius 3 is 3.05 bits per heavy atom. The van der Waals surface area contributed by atoms with E-state index in [1.807, 2.05) is 0 Å². The second-order valence-electron chi connectivity index (χ2n) is 4.75. The summed E-state index contributed by atoms with van der Waals surface area (Å²) in [6.45, 7) is 1.30. The quantitative estimate of drug-likeness (QED) is 0.736. The molecule has 1 aromatic rings. The van der Waals surface area contributed by atoms with Crippen molar-refractivity contribution >= 4 is 10.0 Å². The molecule has 8 heteroatoms. The number of rotatable bonds is 7. The van der Waals surface area contributed by atoms with E-state index in [4.69, 9.17) is 0 Å². The van der Waals surface area contributed by atoms with Crippen LogP contribution in [0.15, 0.2) is 10.9 Å². The predicted octanol–water partition coefficient (Wildman–Crippen LogP) is 0.0637. The number of nitrogens with zero attached hydrogens (tertiary/aromatic N) is 2. The lowest BCUT2D eigenvalue weighted by molar-refractivity contribution is 0.392. The molecular weight excluding hydrogens is 268 g/mol. The zero-order valence-corrected chi connectivity index (χ0v) is 11.7. The topological polar surface area (TPSA) is 97.1 Å². The minimum atomic E-state index is -3.21. The summed E-state index contributed by atoms with van der Waals surface area (Å²) in [6, 6.07) is 0.336. The summed E-state index contributed by atoms with van der Waals surface area (Å²) in [5.74, 6) is 0.674. The summed E-state index contributed by atoms with van der Waals surface area (Å²) in [6.07, 6.45) is 5.78. The number of sulfonamides is 1. The molecule has 1 saturated heterocycles. The van der Waals surface area contributed by atoms with Crippen LogP contribution in [-0.4, -0.2) is 43.4 Å². The smallest absolute Gasteiger partial charge is 0.213 e. The SMILES string of the molecule is O=S(=O)(CCC1CCCCN1)NCCc1ncon1. The molecule has 0 aliphatic carbocycles. The van der Waals surface area contributed by atoms with Crippen LogP contribution in [0.3, 0.4) is 0 Å². The molecule has 0 spiro atoms. The fourth-order valence-corrected chi connectivity index (χ4v) is 3.31. The van der Waals surface area contributed by atoms with Gasteiger partial charge in [0.2, 0.25) is 16.4 Å². The van der Waals surface area contributed by atoms with Crippen molar-refractivity contribution in [3.8, 4) is 0 Å². The number of nitrogens with one attached hydrogen (secondary N) is 2. The molecule has 7 nitrogen and oxygen atoms in total. The first-order valence-electron chi connectivity index (χ1n) is 6.62. The fourth-order valence-electron chi connectivity index (χ4n) is 2.16. The Kier molecular flexibility index (Phi) is 5.29. The third-order valence-electron chi connectivity index (χ3n) is 3.22. The minimum Gasteiger partial charge on any atom is -0.343 e. The molecule has 1 aliphatic rings. The van der Waals surface area contributed by atoms with Gasteiger partial charge in [-0.25, -0.2) is 13.1 Å². The Morgan fingerprint density at radius 1 is 1.47 bits per heavy atom. The molecule has 1 unspecified atom stereocenters. The lowest BCUT2D eigenvalue weighted by atomic mass is 10.0. The highest BCUT2D eigenvalue weighted by Gasteiger charge is 2.17. The molecule has 1 aliphatic heterocycles. The van der Waals surface area contributed by atoms with Gasteiger partial charge in [0.05, 0.1) is 5.75 Å². The van der Waals surface area contributed by atoms with Gasteiger partial charge in [0, 0.05) is 19.0 Å². The third-order valence-corrected chi connectivity index (χ3v) is 4.64. The highest BCUT2D eigenvalue weighted by Crippen LogP contribution is 2.10. The first kappa shape index (κ1) is 14.4. The lowest BCUT2D eigenvalue weighted by Crippen LogP contribution is -2.37. The third kappa shape index (κ3) is 5.25. The Balaban J connectivity index is 1.66. The molecule has 1 atom stereocenters. The van der Waals surface area contributed by atoms with E-state index in [0.717, 1.165) is 13.0 Å². The number of hydrogen-bond donors (Lipinski definition) is 2. The van der Waals surface area contributed by atoms with Crippen LogP contribution in [0, 0.1) is 0 Å². The van der Waals surface area contributed by atoms with Crippen molar-refractivity contribution in [2.75, 3.05) is 18.8 Å². The van der Waals surface area contributed by atoms with Crippen LogP contribution in [0.5, 0.6) is 0 Å². The van der Waals surface area contributed by atoms with Gasteiger partial charge in [0.1, 0.15) is 0 Å². The fraction of sp³-hybridized carbons (Fsp3) is 0.818. The summed E-state index contributed by atoms with van der Waals surface area (Å²) >= 11 is 0. The first-order chi connectivity index (χ1) is 9.16. The molecule has 2 heterocycles. The van der Waals surface area contributed by atoms with E-state index in [2.05, 4.69) is 24.7 Å². The van der Waals surface area contributed by atoms with Crippen molar-refractivity contribution < 1.29 is 12.9 Å². The Hall–Kier alpha value is -0.990. The molecular formula is C11H20N4O3S. The molecule has 1 aromatic heterocycles. The predicted molar refractivity (Wildman–Crippen MR) is 70.1 cm³/mol. The molecule has 2 N–H and O–H groups in total. The van der Waals surface area contributed by atoms with Gasteiger partial charge < -0.3 is 9.84 Å². The van der Waals surface area contributed by atoms with E-state index in [0.29, 0.717) is 31.3 Å². The number of aromatic nitrogens is 2. The van der Waals surface area contributed by atoms with Gasteiger partial charge in [-0.15, -0.1) is 0 Å². The van der Waals surface area contributed by atoms with Crippen molar-refractivity contribution in [2.45, 2.75) is 38.1 Å². The van der Waals surface area contributed by atoms with Crippen molar-refractivity contribution in [3.63, 3.8) is 0 Å². The molecule has 0 saturated carbocycles. The van der Waals surface area contributed by atoms with E-state index >= 15 is 0 Å². The average molecular weight is 288 g/mol. The molecule has 0 radical (unpaired) electrons. The molecule has 0 amide bonds. The second kappa shape index (κ2) is 6.97. The van der Waals surface area contributed by atoms with Gasteiger partial charge in [-0.3, -0.25) is 0 Å². The average Bonchev–Trinajstić information content (AvgIpc) is 2.91. The molecule has 0 aromatic carbocycles. The van der Waals surface area contributed by atoms with Crippen molar-refractivity contribution in [1.82, 2.24) is 20.2 Å². The van der Waals surface area contributed by atoms with Gasteiger partial charge >= 0.3 is 0 Å². The van der Waals surface area contributed by atoms with Gasteiger partial charge in [-0.1, -0.05) is 11.6 Å². The maximum Gasteiger partial charge on any atom is 0.213 e. The number of piperidine rings is 1. The van der Waals surface area contributed by atoms with Crippen molar-refractivity contribution in [3.05, 3.63) is 12.2 Å². The lowest BCUT2D eigenvalue weighted by Gasteiger charge is -2.23. The number of hydrogen-bond acceptors (Lipinski definition) is 6. The Morgan fingerprint density at radius 2 is 2.37 bits per heavy atom. The molecule has 0 bridgehead atoms. The van der Waals surface area contributed by atoms with Crippen LogP contribution >= 0.6 is 0 Å². The van der Waals surface area contributed by atoms with Crippen molar-refractivity contribution in [1.29, 1.82) is 0 Å². The Bertz CT molecular complexity index is 454. The molecule has 108 valence electrons. The van der Waals surface area contributed by atoms with Gasteiger partial charge in [-0.05, 0) is 25.8 Å². The van der Waals surface area contributed by atoms with Gasteiger partial charge in [0.25, 0.3) is 0 Å². The summed E-state index contributed by atoms with van der Waals surface area (Å²) < 4.78 is 30.7. The van der Waals surface area contributed by atoms with Gasteiger partial charge in [0.15, 0.2) is 5.82 Å². The maximum absolute atomic E-state index is 11.8. The minimum absolute atomic E-state index is 0.164. The molecule has 1 fully saturated rings. The molecule has 2 rings (SSSR count). The highest BCUT2D eigenvalue weighted by molar-refractivity contribution is 7.89. The van der Waals surface area contributed by atoms with Crippen LogP contribution < -0.4 is 10.0 Å². The summed E-state index contributed by atoms with van der Waals surface area (Å²) in [5.41, 5.74) is 0. The Labute approximate surface area is 113 Å². The van der Waals surface area contributed by atoms with Crippen LogP contribution in [0.25, 0.3) is 0 Å². The first-order valence-corrected chi connectivity index (χ1v) is 8.27. The van der Waals surface area contributed by atoms with E-state index in [-0.39, 0.29) is 5.75 Å². The normalized spacial score (nSPS) is 20.5. The highest BCUT2D eigenvalue weighted by atomic mass is 32.2. The second-order valence-corrected chi connectivity index (χ2v) is 6.67. The molecule has 19 heavy (non-hydrogen) atoms. The van der Waals surface area contributed by atoms with Crippen molar-refractivity contribution in [2.24, 2.45) is 0 Å². The van der Waals surface area contributed by atoms with E-state index in [1.54, 1.807) is 0 Å². The van der Waals surface area contributed by atoms with Crippen LogP contribution in [0.4, 0.5) is 0 Å². The van der Waals surface area contributed by atoms with Crippen LogP contribution in [0.2, 0.25) is 0 Å². The maximum atomic E-state index is 11.8. The van der Waals surface area contributed by atoms with Crippen LogP contribution in [0.1, 0.15) is 31.5 Å². The van der Waals surface area contributed by atoms with E-state index in [1.165, 1.54) is 19.2 Å². The zero-order chi connectivity index (χ0) is 13.6. The van der Waals surface area contributed by atoms with Gasteiger partial charge in [-0.2, -0.15) is 4.98 Å². The standard InChI is InChI=1S/C11H20N4O3S/c16-19(17,8-5-10-3-1-2-6-12-10)14-7-4-11-13-9-18-15-11/h9-10,12,14H,1-8H2. The largest absolute Gasteiger partial charge is 0.343 e. The van der Waals surface area contributed by atoms with Crippen LogP contribution in [-0.2, 0) is 16.4 Å². The zero-order valence-electron chi connectivity index (χ0n) is 10.8. The summed E-state index contributed by atoms with van der Waals surface area (Å²) in [4.78, 5) is 3.83. The van der Waals surface area contributed by atoms with E-state index < -0.39 is 10.0 Å². The monoisotopic (exact) mass is 288 g/mol. The van der Waals surface area contributed by atoms with E-state index in [9.17, 15) is 8.42 Å².